The van der Waals surface area contributed by atoms with Crippen molar-refractivity contribution in [2.45, 2.75) is 37.8 Å². The zero-order valence-corrected chi connectivity index (χ0v) is 27.6. The molecule has 236 valence electrons. The third-order valence-electron chi connectivity index (χ3n) is 7.23. The average molecular weight is 669 g/mol. The Balaban J connectivity index is 1.81. The lowest BCUT2D eigenvalue weighted by atomic mass is 10.0. The summed E-state index contributed by atoms with van der Waals surface area (Å²) in [6, 6.07) is 26.1. The summed E-state index contributed by atoms with van der Waals surface area (Å²) in [7, 11) is -2.75. The van der Waals surface area contributed by atoms with E-state index >= 15 is 0 Å². The molecule has 0 saturated carbocycles. The number of ether oxygens (including phenoxy) is 1. The van der Waals surface area contributed by atoms with Gasteiger partial charge in [0.15, 0.2) is 0 Å². The molecule has 4 rings (SSSR count). The number of nitrogens with one attached hydrogen (secondary N) is 1. The number of likely N-dealkylation sites (N-methyl/N-ethyl adjacent to an activating group) is 1. The first kappa shape index (κ1) is 33.8. The van der Waals surface area contributed by atoms with Gasteiger partial charge in [-0.3, -0.25) is 13.9 Å². The Labute approximate surface area is 274 Å². The maximum Gasteiger partial charge on any atom is 0.264 e. The smallest absolute Gasteiger partial charge is 0.264 e. The second-order valence-electron chi connectivity index (χ2n) is 10.3. The van der Waals surface area contributed by atoms with Crippen LogP contribution in [0.1, 0.15) is 23.6 Å². The molecule has 8 nitrogen and oxygen atoms in total. The molecule has 4 aromatic rings. The number of carbonyl (C=O) groups excluding carboxylic acids is 2. The summed E-state index contributed by atoms with van der Waals surface area (Å²) in [6.07, 6.45) is 0.169. The highest BCUT2D eigenvalue weighted by atomic mass is 35.5. The van der Waals surface area contributed by atoms with Gasteiger partial charge in [0.05, 0.1) is 17.2 Å². The molecule has 1 N–H and O–H groups in total. The zero-order chi connectivity index (χ0) is 32.6. The fraction of sp³-hybridized carbons (Fsp3) is 0.235. The van der Waals surface area contributed by atoms with E-state index < -0.39 is 34.4 Å². The van der Waals surface area contributed by atoms with Crippen molar-refractivity contribution in [1.82, 2.24) is 10.2 Å². The van der Waals surface area contributed by atoms with Gasteiger partial charge in [0, 0.05) is 35.6 Å². The summed E-state index contributed by atoms with van der Waals surface area (Å²) in [5, 5.41) is 3.28. The summed E-state index contributed by atoms with van der Waals surface area (Å²) >= 11 is 13.0. The van der Waals surface area contributed by atoms with E-state index in [2.05, 4.69) is 5.32 Å². The van der Waals surface area contributed by atoms with Crippen molar-refractivity contribution in [2.24, 2.45) is 0 Å². The highest BCUT2D eigenvalue weighted by Gasteiger charge is 2.35. The van der Waals surface area contributed by atoms with Crippen molar-refractivity contribution >= 4 is 50.7 Å². The molecule has 0 aromatic heterocycles. The van der Waals surface area contributed by atoms with Crippen LogP contribution >= 0.6 is 23.2 Å². The van der Waals surface area contributed by atoms with Crippen molar-refractivity contribution in [2.75, 3.05) is 24.5 Å². The summed E-state index contributed by atoms with van der Waals surface area (Å²) < 4.78 is 34.9. The van der Waals surface area contributed by atoms with Crippen molar-refractivity contribution in [3.05, 3.63) is 124 Å². The van der Waals surface area contributed by atoms with Gasteiger partial charge in [-0.1, -0.05) is 77.3 Å². The molecule has 0 aliphatic carbocycles. The Morgan fingerprint density at radius 3 is 2.07 bits per heavy atom. The van der Waals surface area contributed by atoms with Crippen LogP contribution in [0.5, 0.6) is 5.75 Å². The van der Waals surface area contributed by atoms with Crippen LogP contribution in [0, 0.1) is 6.92 Å². The SMILES string of the molecule is CCOc1ccc(N(CC(=O)N(Cc2c(Cl)cccc2Cl)[C@@H](Cc2ccccc2)C(=O)NC)S(=O)(=O)c2ccc(C)cc2)cc1. The molecule has 0 aliphatic rings. The Bertz CT molecular complexity index is 1700. The van der Waals surface area contributed by atoms with Crippen LogP contribution in [-0.4, -0.2) is 51.4 Å². The number of hydrogen-bond donors (Lipinski definition) is 1. The molecule has 2 amide bonds. The van der Waals surface area contributed by atoms with E-state index in [9.17, 15) is 18.0 Å². The Kier molecular flexibility index (Phi) is 11.5. The van der Waals surface area contributed by atoms with Crippen molar-refractivity contribution < 1.29 is 22.7 Å². The quantitative estimate of drug-likeness (QED) is 0.181. The van der Waals surface area contributed by atoms with Crippen molar-refractivity contribution in [3.63, 3.8) is 0 Å². The van der Waals surface area contributed by atoms with Gasteiger partial charge in [0.2, 0.25) is 11.8 Å². The summed E-state index contributed by atoms with van der Waals surface area (Å²) in [5.41, 5.74) is 2.38. The lowest BCUT2D eigenvalue weighted by Gasteiger charge is -2.34. The van der Waals surface area contributed by atoms with Crippen molar-refractivity contribution in [3.8, 4) is 5.75 Å². The number of aryl methyl sites for hydroxylation is 1. The van der Waals surface area contributed by atoms with Crippen LogP contribution in [-0.2, 0) is 32.6 Å². The van der Waals surface area contributed by atoms with E-state index in [4.69, 9.17) is 27.9 Å². The van der Waals surface area contributed by atoms with Crippen molar-refractivity contribution in [1.29, 1.82) is 0 Å². The van der Waals surface area contributed by atoms with E-state index in [1.54, 1.807) is 54.6 Å². The number of sulfonamides is 1. The lowest BCUT2D eigenvalue weighted by Crippen LogP contribution is -2.53. The average Bonchev–Trinajstić information content (AvgIpc) is 3.03. The molecule has 0 aliphatic heterocycles. The van der Waals surface area contributed by atoms with Gasteiger partial charge in [-0.25, -0.2) is 8.42 Å². The molecule has 0 spiro atoms. The summed E-state index contributed by atoms with van der Waals surface area (Å²) in [5.74, 6) is -0.498. The van der Waals surface area contributed by atoms with Crippen LogP contribution in [0.15, 0.2) is 102 Å². The number of carbonyl (C=O) groups is 2. The molecule has 0 heterocycles. The number of benzene rings is 4. The molecular formula is C34H35Cl2N3O5S. The number of amides is 2. The van der Waals surface area contributed by atoms with E-state index in [0.29, 0.717) is 28.0 Å². The molecular weight excluding hydrogens is 633 g/mol. The van der Waals surface area contributed by atoms with Crippen LogP contribution in [0.25, 0.3) is 0 Å². The van der Waals surface area contributed by atoms with E-state index in [0.717, 1.165) is 15.4 Å². The molecule has 0 bridgehead atoms. The zero-order valence-electron chi connectivity index (χ0n) is 25.2. The Hall–Kier alpha value is -4.05. The minimum atomic E-state index is -4.23. The predicted octanol–water partition coefficient (Wildman–Crippen LogP) is 6.28. The van der Waals surface area contributed by atoms with Gasteiger partial charge in [-0.15, -0.1) is 0 Å². The minimum Gasteiger partial charge on any atom is -0.494 e. The molecule has 11 heteroatoms. The normalized spacial score (nSPS) is 11.8. The lowest BCUT2D eigenvalue weighted by molar-refractivity contribution is -0.139. The largest absolute Gasteiger partial charge is 0.494 e. The van der Waals surface area contributed by atoms with Gasteiger partial charge < -0.3 is 15.0 Å². The molecule has 0 unspecified atom stereocenters. The first-order valence-corrected chi connectivity index (χ1v) is 16.5. The number of rotatable bonds is 13. The summed E-state index contributed by atoms with van der Waals surface area (Å²) in [4.78, 5) is 29.2. The third-order valence-corrected chi connectivity index (χ3v) is 9.73. The fourth-order valence-corrected chi connectivity index (χ4v) is 6.75. The van der Waals surface area contributed by atoms with Gasteiger partial charge in [-0.05, 0) is 67.9 Å². The van der Waals surface area contributed by atoms with Crippen LogP contribution in [0.3, 0.4) is 0 Å². The minimum absolute atomic E-state index is 0.0163. The van der Waals surface area contributed by atoms with E-state index in [1.807, 2.05) is 44.2 Å². The molecule has 1 atom stereocenters. The molecule has 4 aromatic carbocycles. The number of nitrogens with zero attached hydrogens (tertiary/aromatic N) is 2. The van der Waals surface area contributed by atoms with Crippen LogP contribution in [0.2, 0.25) is 10.0 Å². The molecule has 0 fully saturated rings. The first-order chi connectivity index (χ1) is 21.5. The number of hydrogen-bond acceptors (Lipinski definition) is 5. The highest BCUT2D eigenvalue weighted by molar-refractivity contribution is 7.92. The second-order valence-corrected chi connectivity index (χ2v) is 13.0. The standard InChI is InChI=1S/C34H35Cl2N3O5S/c1-4-44-27-17-15-26(16-18-27)39(45(42,43)28-19-13-24(2)14-20-28)23-33(40)38(22-29-30(35)11-8-12-31(29)36)32(34(41)37-3)21-25-9-6-5-7-10-25/h5-20,32H,4,21-23H2,1-3H3,(H,37,41)/t32-/m0/s1. The van der Waals surface area contributed by atoms with E-state index in [1.165, 1.54) is 24.1 Å². The number of halogens is 2. The Morgan fingerprint density at radius 2 is 1.49 bits per heavy atom. The molecule has 0 saturated heterocycles. The topological polar surface area (TPSA) is 96.0 Å². The van der Waals surface area contributed by atoms with Crippen LogP contribution < -0.4 is 14.4 Å². The van der Waals surface area contributed by atoms with Gasteiger partial charge >= 0.3 is 0 Å². The monoisotopic (exact) mass is 667 g/mol. The third kappa shape index (κ3) is 8.36. The van der Waals surface area contributed by atoms with Gasteiger partial charge in [0.1, 0.15) is 18.3 Å². The molecule has 0 radical (unpaired) electrons. The van der Waals surface area contributed by atoms with Gasteiger partial charge in [-0.2, -0.15) is 0 Å². The molecule has 45 heavy (non-hydrogen) atoms. The van der Waals surface area contributed by atoms with Gasteiger partial charge in [0.25, 0.3) is 10.0 Å². The van der Waals surface area contributed by atoms with E-state index in [-0.39, 0.29) is 23.5 Å². The number of anilines is 1. The summed E-state index contributed by atoms with van der Waals surface area (Å²) in [6.45, 7) is 3.40. The van der Waals surface area contributed by atoms with Crippen LogP contribution in [0.4, 0.5) is 5.69 Å². The first-order valence-electron chi connectivity index (χ1n) is 14.3. The maximum atomic E-state index is 14.4. The highest BCUT2D eigenvalue weighted by Crippen LogP contribution is 2.30. The maximum absolute atomic E-state index is 14.4. The predicted molar refractivity (Wildman–Crippen MR) is 178 cm³/mol. The second kappa shape index (κ2) is 15.3. The Morgan fingerprint density at radius 1 is 0.867 bits per heavy atom. The fourth-order valence-electron chi connectivity index (χ4n) is 4.82.